The first-order valence-corrected chi connectivity index (χ1v) is 5.12. The lowest BCUT2D eigenvalue weighted by molar-refractivity contribution is 0.0948. The SMILES string of the molecule is CCC[C@]1(CC)CNCN(C)C1. The summed E-state index contributed by atoms with van der Waals surface area (Å²) < 4.78 is 0. The van der Waals surface area contributed by atoms with Gasteiger partial charge in [0.05, 0.1) is 0 Å². The number of hydrogen-bond acceptors (Lipinski definition) is 2. The number of rotatable bonds is 3. The Kier molecular flexibility index (Phi) is 3.53. The fraction of sp³-hybridized carbons (Fsp3) is 1.00. The standard InChI is InChI=1S/C10H22N2/c1-4-6-10(5-2)7-11-9-12(3)8-10/h11H,4-9H2,1-3H3/t10-/m1/s1. The Bertz CT molecular complexity index is 132. The van der Waals surface area contributed by atoms with Gasteiger partial charge in [-0.1, -0.05) is 20.3 Å². The van der Waals surface area contributed by atoms with Gasteiger partial charge in [0, 0.05) is 19.8 Å². The summed E-state index contributed by atoms with van der Waals surface area (Å²) >= 11 is 0. The van der Waals surface area contributed by atoms with Crippen molar-refractivity contribution >= 4 is 0 Å². The fourth-order valence-corrected chi connectivity index (χ4v) is 2.31. The monoisotopic (exact) mass is 170 g/mol. The van der Waals surface area contributed by atoms with Crippen molar-refractivity contribution in [2.45, 2.75) is 33.1 Å². The van der Waals surface area contributed by atoms with Gasteiger partial charge in [-0.25, -0.2) is 0 Å². The lowest BCUT2D eigenvalue weighted by Crippen LogP contribution is -2.52. The third kappa shape index (κ3) is 2.20. The molecule has 12 heavy (non-hydrogen) atoms. The van der Waals surface area contributed by atoms with Crippen molar-refractivity contribution in [3.8, 4) is 0 Å². The molecule has 0 aliphatic carbocycles. The molecule has 0 aromatic heterocycles. The maximum Gasteiger partial charge on any atom is 0.0478 e. The molecule has 0 aromatic rings. The average Bonchev–Trinajstić information content (AvgIpc) is 2.05. The first kappa shape index (κ1) is 10.0. The van der Waals surface area contributed by atoms with E-state index in [1.165, 1.54) is 32.4 Å². The summed E-state index contributed by atoms with van der Waals surface area (Å²) in [6, 6.07) is 0. The zero-order chi connectivity index (χ0) is 9.03. The first-order chi connectivity index (χ1) is 5.72. The van der Waals surface area contributed by atoms with Gasteiger partial charge in [0.2, 0.25) is 0 Å². The van der Waals surface area contributed by atoms with Crippen LogP contribution >= 0.6 is 0 Å². The highest BCUT2D eigenvalue weighted by Gasteiger charge is 2.31. The quantitative estimate of drug-likeness (QED) is 0.693. The van der Waals surface area contributed by atoms with E-state index in [0.717, 1.165) is 6.67 Å². The molecule has 72 valence electrons. The third-order valence-electron chi connectivity index (χ3n) is 3.02. The molecular formula is C10H22N2. The average molecular weight is 170 g/mol. The normalized spacial score (nSPS) is 32.2. The van der Waals surface area contributed by atoms with Gasteiger partial charge in [-0.3, -0.25) is 4.90 Å². The predicted octanol–water partition coefficient (Wildman–Crippen LogP) is 1.68. The second-order valence-corrected chi connectivity index (χ2v) is 4.20. The minimum Gasteiger partial charge on any atom is -0.304 e. The van der Waals surface area contributed by atoms with Gasteiger partial charge in [0.25, 0.3) is 0 Å². The first-order valence-electron chi connectivity index (χ1n) is 5.12. The van der Waals surface area contributed by atoms with E-state index in [0.29, 0.717) is 5.41 Å². The van der Waals surface area contributed by atoms with Crippen molar-refractivity contribution in [3.05, 3.63) is 0 Å². The van der Waals surface area contributed by atoms with Crippen LogP contribution in [0.2, 0.25) is 0 Å². The summed E-state index contributed by atoms with van der Waals surface area (Å²) in [5, 5.41) is 3.49. The second-order valence-electron chi connectivity index (χ2n) is 4.20. The maximum absolute atomic E-state index is 3.49. The van der Waals surface area contributed by atoms with E-state index < -0.39 is 0 Å². The van der Waals surface area contributed by atoms with Crippen molar-refractivity contribution in [2.75, 3.05) is 26.8 Å². The van der Waals surface area contributed by atoms with E-state index in [1.54, 1.807) is 0 Å². The summed E-state index contributed by atoms with van der Waals surface area (Å²) in [4.78, 5) is 2.39. The lowest BCUT2D eigenvalue weighted by atomic mass is 9.79. The Hall–Kier alpha value is -0.0800. The molecule has 1 fully saturated rings. The predicted molar refractivity (Wildman–Crippen MR) is 53.1 cm³/mol. The minimum absolute atomic E-state index is 0.557. The van der Waals surface area contributed by atoms with Gasteiger partial charge in [-0.05, 0) is 25.3 Å². The van der Waals surface area contributed by atoms with Gasteiger partial charge < -0.3 is 5.32 Å². The Labute approximate surface area is 76.3 Å². The van der Waals surface area contributed by atoms with Crippen LogP contribution in [0.4, 0.5) is 0 Å². The van der Waals surface area contributed by atoms with Crippen LogP contribution in [-0.4, -0.2) is 31.7 Å². The maximum atomic E-state index is 3.49. The summed E-state index contributed by atoms with van der Waals surface area (Å²) in [7, 11) is 2.20. The molecule has 1 rings (SSSR count). The Morgan fingerprint density at radius 3 is 2.67 bits per heavy atom. The topological polar surface area (TPSA) is 15.3 Å². The fourth-order valence-electron chi connectivity index (χ4n) is 2.31. The Morgan fingerprint density at radius 2 is 2.17 bits per heavy atom. The van der Waals surface area contributed by atoms with Crippen molar-refractivity contribution in [1.29, 1.82) is 0 Å². The van der Waals surface area contributed by atoms with E-state index >= 15 is 0 Å². The lowest BCUT2D eigenvalue weighted by Gasteiger charge is -2.41. The molecule has 1 aliphatic rings. The molecule has 0 amide bonds. The van der Waals surface area contributed by atoms with Crippen molar-refractivity contribution in [2.24, 2.45) is 5.41 Å². The zero-order valence-electron chi connectivity index (χ0n) is 8.69. The van der Waals surface area contributed by atoms with Gasteiger partial charge >= 0.3 is 0 Å². The summed E-state index contributed by atoms with van der Waals surface area (Å²) in [6.45, 7) is 8.14. The molecule has 1 heterocycles. The molecule has 0 unspecified atom stereocenters. The Morgan fingerprint density at radius 1 is 1.42 bits per heavy atom. The molecule has 0 aromatic carbocycles. The van der Waals surface area contributed by atoms with Gasteiger partial charge in [0.15, 0.2) is 0 Å². The van der Waals surface area contributed by atoms with Crippen LogP contribution < -0.4 is 5.32 Å². The highest BCUT2D eigenvalue weighted by atomic mass is 15.2. The molecule has 2 heteroatoms. The summed E-state index contributed by atoms with van der Waals surface area (Å²) in [5.74, 6) is 0. The Balaban J connectivity index is 2.51. The second kappa shape index (κ2) is 4.24. The number of nitrogens with zero attached hydrogens (tertiary/aromatic N) is 1. The van der Waals surface area contributed by atoms with Crippen LogP contribution in [0, 0.1) is 5.41 Å². The molecule has 1 atom stereocenters. The minimum atomic E-state index is 0.557. The largest absolute Gasteiger partial charge is 0.304 e. The highest BCUT2D eigenvalue weighted by molar-refractivity contribution is 4.85. The van der Waals surface area contributed by atoms with E-state index in [1.807, 2.05) is 0 Å². The molecule has 0 radical (unpaired) electrons. The summed E-state index contributed by atoms with van der Waals surface area (Å²) in [5.41, 5.74) is 0.557. The molecule has 0 spiro atoms. The van der Waals surface area contributed by atoms with Crippen molar-refractivity contribution in [3.63, 3.8) is 0 Å². The van der Waals surface area contributed by atoms with Crippen LogP contribution in [0.5, 0.6) is 0 Å². The van der Waals surface area contributed by atoms with Crippen LogP contribution in [0.15, 0.2) is 0 Å². The van der Waals surface area contributed by atoms with E-state index in [4.69, 9.17) is 0 Å². The van der Waals surface area contributed by atoms with Crippen LogP contribution in [-0.2, 0) is 0 Å². The van der Waals surface area contributed by atoms with Gasteiger partial charge in [0.1, 0.15) is 0 Å². The van der Waals surface area contributed by atoms with Crippen LogP contribution in [0.3, 0.4) is 0 Å². The molecule has 1 N–H and O–H groups in total. The van der Waals surface area contributed by atoms with Crippen molar-refractivity contribution < 1.29 is 0 Å². The van der Waals surface area contributed by atoms with E-state index in [-0.39, 0.29) is 0 Å². The number of nitrogens with one attached hydrogen (secondary N) is 1. The van der Waals surface area contributed by atoms with Crippen LogP contribution in [0.25, 0.3) is 0 Å². The molecule has 1 aliphatic heterocycles. The molecule has 2 nitrogen and oxygen atoms in total. The number of hydrogen-bond donors (Lipinski definition) is 1. The highest BCUT2D eigenvalue weighted by Crippen LogP contribution is 2.29. The molecular weight excluding hydrogens is 148 g/mol. The van der Waals surface area contributed by atoms with Gasteiger partial charge in [-0.2, -0.15) is 0 Å². The van der Waals surface area contributed by atoms with Crippen molar-refractivity contribution in [1.82, 2.24) is 10.2 Å². The van der Waals surface area contributed by atoms with Crippen LogP contribution in [0.1, 0.15) is 33.1 Å². The van der Waals surface area contributed by atoms with E-state index in [9.17, 15) is 0 Å². The smallest absolute Gasteiger partial charge is 0.0478 e. The molecule has 1 saturated heterocycles. The third-order valence-corrected chi connectivity index (χ3v) is 3.02. The van der Waals surface area contributed by atoms with E-state index in [2.05, 4.69) is 31.1 Å². The summed E-state index contributed by atoms with van der Waals surface area (Å²) in [6.07, 6.45) is 3.97. The molecule has 0 saturated carbocycles. The molecule has 0 bridgehead atoms. The zero-order valence-corrected chi connectivity index (χ0v) is 8.69. The van der Waals surface area contributed by atoms with Gasteiger partial charge in [-0.15, -0.1) is 0 Å².